The van der Waals surface area contributed by atoms with Crippen LogP contribution in [0.15, 0.2) is 0 Å². The van der Waals surface area contributed by atoms with E-state index >= 15 is 0 Å². The molecule has 1 heterocycles. The molecule has 0 saturated carbocycles. The summed E-state index contributed by atoms with van der Waals surface area (Å²) in [5, 5.41) is 0.473. The van der Waals surface area contributed by atoms with Gasteiger partial charge in [0, 0.05) is 5.33 Å². The maximum Gasteiger partial charge on any atom is 0.426 e. The Labute approximate surface area is 83.3 Å². The summed E-state index contributed by atoms with van der Waals surface area (Å²) in [6.45, 7) is -0.0897. The Morgan fingerprint density at radius 3 is 2.77 bits per heavy atom. The number of cyclic esters (lactones) is 1. The second kappa shape index (κ2) is 3.79. The van der Waals surface area contributed by atoms with E-state index in [9.17, 15) is 17.1 Å². The van der Waals surface area contributed by atoms with E-state index in [1.54, 1.807) is 0 Å². The number of nitrogens with zero attached hydrogens (tertiary/aromatic N) is 1. The quantitative estimate of drug-likeness (QED) is 0.565. The molecule has 1 saturated heterocycles. The first-order valence-electron chi connectivity index (χ1n) is 3.43. The summed E-state index contributed by atoms with van der Waals surface area (Å²) < 4.78 is 38.0. The van der Waals surface area contributed by atoms with Crippen LogP contribution in [-0.2, 0) is 15.1 Å². The Bertz CT molecular complexity index is 306. The third-order valence-corrected chi connectivity index (χ3v) is 2.96. The third kappa shape index (κ3) is 2.31. The van der Waals surface area contributed by atoms with E-state index in [4.69, 9.17) is 0 Å². The van der Waals surface area contributed by atoms with Crippen molar-refractivity contribution < 1.29 is 21.8 Å². The van der Waals surface area contributed by atoms with Crippen LogP contribution in [0.4, 0.5) is 8.68 Å². The highest BCUT2D eigenvalue weighted by Crippen LogP contribution is 2.20. The maximum absolute atomic E-state index is 12.5. The van der Waals surface area contributed by atoms with Gasteiger partial charge in [-0.05, 0) is 6.42 Å². The summed E-state index contributed by atoms with van der Waals surface area (Å²) in [5.41, 5.74) is 0. The molecule has 8 heteroatoms. The minimum Gasteiger partial charge on any atom is -0.446 e. The molecule has 0 bridgehead atoms. The van der Waals surface area contributed by atoms with E-state index in [-0.39, 0.29) is 10.9 Å². The van der Waals surface area contributed by atoms with Gasteiger partial charge in [0.1, 0.15) is 6.61 Å². The van der Waals surface area contributed by atoms with Gasteiger partial charge in [-0.2, -0.15) is 12.7 Å². The fraction of sp³-hybridized carbons (Fsp3) is 0.800. The predicted molar refractivity (Wildman–Crippen MR) is 45.4 cm³/mol. The fourth-order valence-corrected chi connectivity index (χ4v) is 2.32. The number of rotatable bonds is 3. The van der Waals surface area contributed by atoms with Gasteiger partial charge >= 0.3 is 16.5 Å². The van der Waals surface area contributed by atoms with Gasteiger partial charge in [0.2, 0.25) is 0 Å². The maximum atomic E-state index is 12.5. The first-order valence-corrected chi connectivity index (χ1v) is 5.89. The minimum absolute atomic E-state index is 0.0897. The van der Waals surface area contributed by atoms with Crippen LogP contribution in [0.1, 0.15) is 6.42 Å². The average Bonchev–Trinajstić information content (AvgIpc) is 2.31. The van der Waals surface area contributed by atoms with Crippen LogP contribution in [-0.4, -0.2) is 36.8 Å². The molecule has 5 nitrogen and oxygen atoms in total. The van der Waals surface area contributed by atoms with E-state index in [0.717, 1.165) is 0 Å². The number of carbonyl (C=O) groups excluding carboxylic acids is 1. The zero-order chi connectivity index (χ0) is 10.1. The smallest absolute Gasteiger partial charge is 0.426 e. The minimum atomic E-state index is -4.99. The molecule has 1 fully saturated rings. The summed E-state index contributed by atoms with van der Waals surface area (Å²) in [7, 11) is -4.99. The Morgan fingerprint density at radius 2 is 2.31 bits per heavy atom. The van der Waals surface area contributed by atoms with Gasteiger partial charge < -0.3 is 4.74 Å². The summed E-state index contributed by atoms with van der Waals surface area (Å²) in [4.78, 5) is 10.8. The average molecular weight is 276 g/mol. The highest BCUT2D eigenvalue weighted by Gasteiger charge is 2.41. The Kier molecular flexibility index (Phi) is 3.12. The van der Waals surface area contributed by atoms with Crippen LogP contribution in [0.2, 0.25) is 0 Å². The molecule has 0 aromatic rings. The molecule has 1 amide bonds. The van der Waals surface area contributed by atoms with Crippen LogP contribution in [0, 0.1) is 0 Å². The van der Waals surface area contributed by atoms with Gasteiger partial charge in [0.15, 0.2) is 0 Å². The fourth-order valence-electron chi connectivity index (χ4n) is 1.04. The molecule has 0 aromatic carbocycles. The lowest BCUT2D eigenvalue weighted by atomic mass is 10.3. The molecule has 0 radical (unpaired) electrons. The molecular formula is C5H7BrFNO4S. The number of hydrogen-bond acceptors (Lipinski definition) is 4. The first-order chi connectivity index (χ1) is 5.96. The molecule has 0 aliphatic carbocycles. The first kappa shape index (κ1) is 10.7. The van der Waals surface area contributed by atoms with Crippen LogP contribution < -0.4 is 0 Å². The number of hydrogen-bond donors (Lipinski definition) is 0. The molecule has 0 spiro atoms. The van der Waals surface area contributed by atoms with Crippen molar-refractivity contribution in [2.45, 2.75) is 12.5 Å². The van der Waals surface area contributed by atoms with Crippen molar-refractivity contribution in [2.75, 3.05) is 11.9 Å². The number of carbonyl (C=O) groups is 1. The van der Waals surface area contributed by atoms with E-state index in [1.165, 1.54) is 0 Å². The number of alkyl halides is 1. The monoisotopic (exact) mass is 275 g/mol. The summed E-state index contributed by atoms with van der Waals surface area (Å²) in [6, 6.07) is -0.734. The van der Waals surface area contributed by atoms with E-state index < -0.39 is 22.5 Å². The molecule has 0 unspecified atom stereocenters. The van der Waals surface area contributed by atoms with Crippen LogP contribution in [0.25, 0.3) is 0 Å². The number of amides is 1. The molecular weight excluding hydrogens is 269 g/mol. The lowest BCUT2D eigenvalue weighted by molar-refractivity contribution is 0.169. The van der Waals surface area contributed by atoms with Crippen molar-refractivity contribution in [3.8, 4) is 0 Å². The van der Waals surface area contributed by atoms with Gasteiger partial charge in [-0.25, -0.2) is 4.79 Å². The van der Waals surface area contributed by atoms with Gasteiger partial charge in [-0.1, -0.05) is 19.8 Å². The van der Waals surface area contributed by atoms with E-state index in [0.29, 0.717) is 11.8 Å². The lowest BCUT2D eigenvalue weighted by Gasteiger charge is -2.14. The Hall–Kier alpha value is -0.370. The zero-order valence-corrected chi connectivity index (χ0v) is 8.85. The van der Waals surface area contributed by atoms with Crippen LogP contribution in [0.3, 0.4) is 0 Å². The molecule has 76 valence electrons. The van der Waals surface area contributed by atoms with Crippen LogP contribution in [0.5, 0.6) is 0 Å². The molecule has 1 aliphatic rings. The summed E-state index contributed by atoms with van der Waals surface area (Å²) in [6.07, 6.45) is -0.817. The third-order valence-electron chi connectivity index (χ3n) is 1.59. The highest BCUT2D eigenvalue weighted by atomic mass is 79.9. The van der Waals surface area contributed by atoms with Crippen molar-refractivity contribution in [3.05, 3.63) is 0 Å². The molecule has 0 aromatic heterocycles. The normalized spacial score (nSPS) is 23.4. The van der Waals surface area contributed by atoms with Gasteiger partial charge in [0.05, 0.1) is 6.04 Å². The largest absolute Gasteiger partial charge is 0.446 e. The molecule has 0 N–H and O–H groups in total. The number of halogens is 2. The van der Waals surface area contributed by atoms with Crippen molar-refractivity contribution in [1.29, 1.82) is 0 Å². The Balaban J connectivity index is 2.84. The van der Waals surface area contributed by atoms with E-state index in [2.05, 4.69) is 20.7 Å². The zero-order valence-electron chi connectivity index (χ0n) is 6.44. The van der Waals surface area contributed by atoms with Crippen molar-refractivity contribution in [1.82, 2.24) is 4.31 Å². The summed E-state index contributed by atoms with van der Waals surface area (Å²) >= 11 is 3.06. The molecule has 1 atom stereocenters. The lowest BCUT2D eigenvalue weighted by Crippen LogP contribution is -2.36. The number of ether oxygens (including phenoxy) is 1. The second-order valence-corrected chi connectivity index (χ2v) is 4.46. The van der Waals surface area contributed by atoms with Crippen molar-refractivity contribution >= 4 is 32.4 Å². The highest BCUT2D eigenvalue weighted by molar-refractivity contribution is 9.09. The molecule has 1 rings (SSSR count). The summed E-state index contributed by atoms with van der Waals surface area (Å²) in [5.74, 6) is 0. The van der Waals surface area contributed by atoms with Gasteiger partial charge in [-0.3, -0.25) is 0 Å². The topological polar surface area (TPSA) is 63.7 Å². The Morgan fingerprint density at radius 1 is 1.69 bits per heavy atom. The van der Waals surface area contributed by atoms with Crippen LogP contribution >= 0.6 is 15.9 Å². The van der Waals surface area contributed by atoms with Crippen molar-refractivity contribution in [3.63, 3.8) is 0 Å². The van der Waals surface area contributed by atoms with E-state index in [1.807, 2.05) is 0 Å². The molecule has 1 aliphatic heterocycles. The van der Waals surface area contributed by atoms with Crippen molar-refractivity contribution in [2.24, 2.45) is 0 Å². The van der Waals surface area contributed by atoms with Gasteiger partial charge in [0.25, 0.3) is 0 Å². The van der Waals surface area contributed by atoms with Gasteiger partial charge in [-0.15, -0.1) is 0 Å². The SMILES string of the molecule is O=C1OC[C@H](CCBr)N1S(=O)(=O)F. The standard InChI is InChI=1S/C5H7BrFNO4S/c6-2-1-4-3-12-5(9)8(4)13(7,10)11/h4H,1-3H2/t4-/m0/s1. The molecule has 13 heavy (non-hydrogen) atoms. The second-order valence-electron chi connectivity index (χ2n) is 2.45. The predicted octanol–water partition coefficient (Wildman–Crippen LogP) is 0.806.